The lowest BCUT2D eigenvalue weighted by atomic mass is 10.0. The number of phenols is 1. The average molecular weight is 549 g/mol. The minimum atomic E-state index is -1.11. The van der Waals surface area contributed by atoms with Gasteiger partial charge in [0.1, 0.15) is 17.2 Å². The number of carbonyl (C=O) groups excluding carboxylic acids is 2. The molecule has 1 fully saturated rings. The molecule has 3 aromatic carbocycles. The van der Waals surface area contributed by atoms with E-state index >= 15 is 0 Å². The van der Waals surface area contributed by atoms with E-state index in [4.69, 9.17) is 15.9 Å². The molecule has 2 heterocycles. The smallest absolute Gasteiger partial charge is 0.339 e. The fourth-order valence-electron chi connectivity index (χ4n) is 3.88. The van der Waals surface area contributed by atoms with Crippen molar-refractivity contribution < 1.29 is 24.6 Å². The van der Waals surface area contributed by atoms with Crippen LogP contribution in [0.15, 0.2) is 89.9 Å². The van der Waals surface area contributed by atoms with E-state index < -0.39 is 11.9 Å². The number of anilines is 2. The second-order valence-corrected chi connectivity index (χ2v) is 9.67. The summed E-state index contributed by atoms with van der Waals surface area (Å²) >= 11 is 1.62. The van der Waals surface area contributed by atoms with Crippen molar-refractivity contribution in [3.8, 4) is 5.75 Å². The number of carboxylic acids is 1. The van der Waals surface area contributed by atoms with Crippen LogP contribution in [-0.2, 0) is 9.59 Å². The SMILES string of the molecule is CCCCC1C(=O)N(c2ccccc2)N(c2ccccc2)C1=O.NC1=NCCS1.O=C(O)c1ccccc1O. The monoisotopic (exact) mass is 548 g/mol. The molecule has 3 aromatic rings. The van der Waals surface area contributed by atoms with Gasteiger partial charge in [0.05, 0.1) is 17.9 Å². The van der Waals surface area contributed by atoms with E-state index in [1.165, 1.54) is 22.2 Å². The minimum absolute atomic E-state index is 0.0671. The molecule has 2 amide bonds. The van der Waals surface area contributed by atoms with Crippen molar-refractivity contribution in [2.75, 3.05) is 22.3 Å². The number of para-hydroxylation sites is 3. The van der Waals surface area contributed by atoms with Crippen LogP contribution in [0.5, 0.6) is 5.75 Å². The summed E-state index contributed by atoms with van der Waals surface area (Å²) in [5.41, 5.74) is 6.61. The zero-order valence-electron chi connectivity index (χ0n) is 21.6. The Morgan fingerprint density at radius 3 is 1.79 bits per heavy atom. The number of thioether (sulfide) groups is 1. The summed E-state index contributed by atoms with van der Waals surface area (Å²) in [6, 6.07) is 24.5. The zero-order valence-corrected chi connectivity index (χ0v) is 22.5. The summed E-state index contributed by atoms with van der Waals surface area (Å²) in [5.74, 6) is -1.10. The highest BCUT2D eigenvalue weighted by Gasteiger charge is 2.46. The van der Waals surface area contributed by atoms with E-state index in [-0.39, 0.29) is 23.1 Å². The molecule has 0 saturated carbocycles. The second-order valence-electron chi connectivity index (χ2n) is 8.56. The van der Waals surface area contributed by atoms with E-state index in [0.717, 1.165) is 30.3 Å². The maximum absolute atomic E-state index is 12.9. The Bertz CT molecular complexity index is 1230. The predicted molar refractivity (Wildman–Crippen MR) is 155 cm³/mol. The first-order chi connectivity index (χ1) is 18.8. The highest BCUT2D eigenvalue weighted by molar-refractivity contribution is 8.14. The Balaban J connectivity index is 0.000000214. The second kappa shape index (κ2) is 14.6. The van der Waals surface area contributed by atoms with E-state index in [2.05, 4.69) is 11.9 Å². The fraction of sp³-hybridized carbons (Fsp3) is 0.241. The number of nitrogens with two attached hydrogens (primary N) is 1. The van der Waals surface area contributed by atoms with Crippen molar-refractivity contribution in [2.45, 2.75) is 26.2 Å². The van der Waals surface area contributed by atoms with Gasteiger partial charge in [-0.3, -0.25) is 14.6 Å². The van der Waals surface area contributed by atoms with Crippen LogP contribution in [0.3, 0.4) is 0 Å². The maximum Gasteiger partial charge on any atom is 0.339 e. The first-order valence-corrected chi connectivity index (χ1v) is 13.6. The largest absolute Gasteiger partial charge is 0.507 e. The number of rotatable bonds is 6. The summed E-state index contributed by atoms with van der Waals surface area (Å²) in [4.78, 5) is 39.9. The number of hydrazine groups is 1. The Morgan fingerprint density at radius 2 is 1.44 bits per heavy atom. The van der Waals surface area contributed by atoms with Crippen LogP contribution in [0.4, 0.5) is 11.4 Å². The number of carbonyl (C=O) groups is 3. The van der Waals surface area contributed by atoms with Crippen LogP contribution >= 0.6 is 11.8 Å². The number of hydrogen-bond acceptors (Lipinski definition) is 7. The van der Waals surface area contributed by atoms with Crippen LogP contribution < -0.4 is 15.8 Å². The molecule has 4 N–H and O–H groups in total. The number of unbranched alkanes of at least 4 members (excludes halogenated alkanes) is 1. The van der Waals surface area contributed by atoms with Gasteiger partial charge >= 0.3 is 5.97 Å². The van der Waals surface area contributed by atoms with Gasteiger partial charge in [-0.2, -0.15) is 0 Å². The quantitative estimate of drug-likeness (QED) is 0.372. The van der Waals surface area contributed by atoms with Gasteiger partial charge in [-0.1, -0.05) is 80.1 Å². The summed E-state index contributed by atoms with van der Waals surface area (Å²) in [5, 5.41) is 21.1. The highest BCUT2D eigenvalue weighted by atomic mass is 32.2. The molecule has 0 aliphatic carbocycles. The lowest BCUT2D eigenvalue weighted by Gasteiger charge is -2.27. The number of carboxylic acid groups (broad SMARTS) is 1. The minimum Gasteiger partial charge on any atom is -0.507 e. The van der Waals surface area contributed by atoms with E-state index in [0.29, 0.717) is 17.8 Å². The van der Waals surface area contributed by atoms with Crippen LogP contribution in [0, 0.1) is 5.92 Å². The lowest BCUT2D eigenvalue weighted by molar-refractivity contribution is -0.127. The standard InChI is InChI=1S/C19H20N2O2.C7H6O3.C3H6N2S/c1-2-3-14-17-18(22)20(15-10-6-4-7-11-15)21(19(17)23)16-12-8-5-9-13-16;8-6-4-2-1-3-5(6)7(9)10;4-3-5-1-2-6-3/h4-13,17H,2-3,14H2,1H3;1-4,8H,(H,9,10);1-2H2,(H2,4,5). The normalized spacial score (nSPS) is 14.7. The number of amides is 2. The number of aliphatic imine (C=N–C) groups is 1. The number of aromatic hydroxyl groups is 1. The first-order valence-electron chi connectivity index (χ1n) is 12.6. The third-order valence-corrected chi connectivity index (χ3v) is 6.62. The molecular weight excluding hydrogens is 516 g/mol. The molecule has 0 spiro atoms. The molecule has 9 nitrogen and oxygen atoms in total. The van der Waals surface area contributed by atoms with Gasteiger partial charge in [0, 0.05) is 5.75 Å². The van der Waals surface area contributed by atoms with Gasteiger partial charge in [-0.05, 0) is 42.8 Å². The van der Waals surface area contributed by atoms with Crippen LogP contribution in [0.25, 0.3) is 0 Å². The van der Waals surface area contributed by atoms with Gasteiger partial charge in [0.2, 0.25) is 0 Å². The third kappa shape index (κ3) is 7.84. The van der Waals surface area contributed by atoms with E-state index in [1.807, 2.05) is 60.7 Å². The summed E-state index contributed by atoms with van der Waals surface area (Å²) in [6.07, 6.45) is 2.43. The zero-order chi connectivity index (χ0) is 28.2. The van der Waals surface area contributed by atoms with Crippen LogP contribution in [-0.4, -0.2) is 45.5 Å². The third-order valence-electron chi connectivity index (χ3n) is 5.80. The van der Waals surface area contributed by atoms with Gasteiger partial charge in [0.15, 0.2) is 5.17 Å². The summed E-state index contributed by atoms with van der Waals surface area (Å²) in [7, 11) is 0. The van der Waals surface area contributed by atoms with Gasteiger partial charge < -0.3 is 15.9 Å². The lowest BCUT2D eigenvalue weighted by Crippen LogP contribution is -2.41. The number of aromatic carboxylic acids is 1. The number of nitrogens with zero attached hydrogens (tertiary/aromatic N) is 3. The Hall–Kier alpha value is -4.31. The molecule has 1 saturated heterocycles. The number of benzene rings is 3. The molecule has 2 aliphatic heterocycles. The first kappa shape index (κ1) is 29.2. The van der Waals surface area contributed by atoms with Crippen molar-refractivity contribution in [1.29, 1.82) is 0 Å². The van der Waals surface area contributed by atoms with Crippen molar-refractivity contribution in [3.05, 3.63) is 90.5 Å². The van der Waals surface area contributed by atoms with Gasteiger partial charge in [-0.15, -0.1) is 0 Å². The molecule has 0 aromatic heterocycles. The van der Waals surface area contributed by atoms with Gasteiger partial charge in [0.25, 0.3) is 11.8 Å². The summed E-state index contributed by atoms with van der Waals surface area (Å²) < 4.78 is 0. The Kier molecular flexibility index (Phi) is 10.9. The molecule has 0 atom stereocenters. The molecule has 0 radical (unpaired) electrons. The molecule has 2 aliphatic rings. The van der Waals surface area contributed by atoms with Crippen LogP contribution in [0.1, 0.15) is 36.5 Å². The molecule has 10 heteroatoms. The van der Waals surface area contributed by atoms with Crippen molar-refractivity contribution in [3.63, 3.8) is 0 Å². The van der Waals surface area contributed by atoms with Gasteiger partial charge in [-0.25, -0.2) is 14.8 Å². The maximum atomic E-state index is 12.9. The van der Waals surface area contributed by atoms with E-state index in [1.54, 1.807) is 23.9 Å². The molecule has 0 unspecified atom stereocenters. The molecule has 0 bridgehead atoms. The Labute approximate surface area is 231 Å². The average Bonchev–Trinajstić information content (AvgIpc) is 3.53. The molecule has 204 valence electrons. The van der Waals surface area contributed by atoms with Crippen molar-refractivity contribution >= 4 is 46.1 Å². The Morgan fingerprint density at radius 1 is 0.923 bits per heavy atom. The molecular formula is C29H32N4O5S. The van der Waals surface area contributed by atoms with E-state index in [9.17, 15) is 14.4 Å². The number of amidine groups is 1. The highest BCUT2D eigenvalue weighted by Crippen LogP contribution is 2.33. The fourth-order valence-corrected chi connectivity index (χ4v) is 4.46. The van der Waals surface area contributed by atoms with Crippen LogP contribution in [0.2, 0.25) is 0 Å². The molecule has 5 rings (SSSR count). The number of hydrogen-bond donors (Lipinski definition) is 3. The summed E-state index contributed by atoms with van der Waals surface area (Å²) in [6.45, 7) is 2.98. The van der Waals surface area contributed by atoms with Crippen molar-refractivity contribution in [2.24, 2.45) is 16.6 Å². The van der Waals surface area contributed by atoms with Crippen molar-refractivity contribution in [1.82, 2.24) is 0 Å². The predicted octanol–water partition coefficient (Wildman–Crippen LogP) is 4.93. The molecule has 39 heavy (non-hydrogen) atoms. The topological polar surface area (TPSA) is 137 Å².